The molecule has 0 aliphatic carbocycles. The molecule has 0 aliphatic rings. The fourth-order valence-corrected chi connectivity index (χ4v) is 6.06. The van der Waals surface area contributed by atoms with Crippen molar-refractivity contribution < 1.29 is 19.4 Å². The predicted octanol–water partition coefficient (Wildman–Crippen LogP) is 13.5. The summed E-state index contributed by atoms with van der Waals surface area (Å²) in [5.74, 6) is -0.669. The van der Waals surface area contributed by atoms with E-state index < -0.39 is 5.97 Å². The SMILES string of the molecule is CCCCCCCC/C=C\CCCCCCCCCCCC(=O)OC(CCCCCCC)CCCCCCCCCC(=O)O. The molecule has 1 unspecified atom stereocenters. The number of carbonyl (C=O) groups is 2. The maximum absolute atomic E-state index is 12.6. The Labute approximate surface area is 275 Å². The van der Waals surface area contributed by atoms with E-state index in [4.69, 9.17) is 9.84 Å². The Morgan fingerprint density at radius 3 is 1.23 bits per heavy atom. The highest BCUT2D eigenvalue weighted by atomic mass is 16.5. The molecule has 0 aromatic carbocycles. The summed E-state index contributed by atoms with van der Waals surface area (Å²) in [6.07, 6.45) is 43.9. The molecule has 0 saturated heterocycles. The maximum atomic E-state index is 12.6. The van der Waals surface area contributed by atoms with Gasteiger partial charge in [0.15, 0.2) is 0 Å². The highest BCUT2D eigenvalue weighted by Crippen LogP contribution is 2.19. The van der Waals surface area contributed by atoms with Crippen molar-refractivity contribution in [3.63, 3.8) is 0 Å². The van der Waals surface area contributed by atoms with Crippen molar-refractivity contribution in [2.24, 2.45) is 0 Å². The number of carboxylic acids is 1. The topological polar surface area (TPSA) is 63.6 Å². The van der Waals surface area contributed by atoms with E-state index in [1.807, 2.05) is 0 Å². The number of allylic oxidation sites excluding steroid dienone is 2. The number of carbonyl (C=O) groups excluding carboxylic acids is 1. The fraction of sp³-hybridized carbons (Fsp3) is 0.900. The van der Waals surface area contributed by atoms with Gasteiger partial charge in [0.1, 0.15) is 6.10 Å². The van der Waals surface area contributed by atoms with Crippen LogP contribution in [-0.2, 0) is 14.3 Å². The van der Waals surface area contributed by atoms with E-state index in [9.17, 15) is 9.59 Å². The molecular weight excluding hydrogens is 544 g/mol. The van der Waals surface area contributed by atoms with Gasteiger partial charge in [-0.05, 0) is 64.2 Å². The van der Waals surface area contributed by atoms with Gasteiger partial charge in [-0.1, -0.05) is 161 Å². The molecular formula is C40H76O4. The van der Waals surface area contributed by atoms with Crippen LogP contribution >= 0.6 is 0 Å². The van der Waals surface area contributed by atoms with E-state index in [0.29, 0.717) is 12.8 Å². The minimum absolute atomic E-state index is 0.0167. The van der Waals surface area contributed by atoms with E-state index in [2.05, 4.69) is 26.0 Å². The number of esters is 1. The number of hydrogen-bond donors (Lipinski definition) is 1. The van der Waals surface area contributed by atoms with E-state index in [0.717, 1.165) is 57.8 Å². The number of ether oxygens (including phenoxy) is 1. The second-order valence-corrected chi connectivity index (χ2v) is 13.5. The van der Waals surface area contributed by atoms with E-state index in [1.54, 1.807) is 0 Å². The van der Waals surface area contributed by atoms with Crippen LogP contribution in [0.5, 0.6) is 0 Å². The molecule has 0 spiro atoms. The molecule has 260 valence electrons. The number of carboxylic acid groups (broad SMARTS) is 1. The lowest BCUT2D eigenvalue weighted by atomic mass is 10.0. The number of unbranched alkanes of at least 4 members (excludes halogenated alkanes) is 25. The second kappa shape index (κ2) is 36.2. The zero-order valence-electron chi connectivity index (χ0n) is 29.7. The van der Waals surface area contributed by atoms with Crippen LogP contribution in [0.4, 0.5) is 0 Å². The molecule has 0 aromatic rings. The minimum Gasteiger partial charge on any atom is -0.481 e. The fourth-order valence-electron chi connectivity index (χ4n) is 6.06. The largest absolute Gasteiger partial charge is 0.481 e. The first-order valence-electron chi connectivity index (χ1n) is 19.7. The van der Waals surface area contributed by atoms with E-state index in [1.165, 1.54) is 141 Å². The third-order valence-electron chi connectivity index (χ3n) is 8.99. The van der Waals surface area contributed by atoms with Crippen LogP contribution in [0.1, 0.15) is 226 Å². The monoisotopic (exact) mass is 621 g/mol. The Bertz CT molecular complexity index is 629. The van der Waals surface area contributed by atoms with Gasteiger partial charge in [0.25, 0.3) is 0 Å². The highest BCUT2D eigenvalue weighted by molar-refractivity contribution is 5.69. The van der Waals surface area contributed by atoms with Crippen molar-refractivity contribution in [1.29, 1.82) is 0 Å². The van der Waals surface area contributed by atoms with Crippen LogP contribution in [0.2, 0.25) is 0 Å². The standard InChI is InChI=1S/C40H76O4/c1-3-5-7-9-10-11-12-13-14-15-16-17-18-19-20-21-25-29-33-37-40(43)44-38(34-30-26-8-6-4-2)35-31-27-23-22-24-28-32-36-39(41)42/h13-14,38H,3-12,15-37H2,1-2H3,(H,41,42)/b14-13-. The third-order valence-corrected chi connectivity index (χ3v) is 8.99. The number of aliphatic carboxylic acids is 1. The molecule has 0 amide bonds. The molecule has 0 bridgehead atoms. The summed E-state index contributed by atoms with van der Waals surface area (Å²) in [7, 11) is 0. The van der Waals surface area contributed by atoms with Crippen LogP contribution in [-0.4, -0.2) is 23.1 Å². The van der Waals surface area contributed by atoms with Crippen LogP contribution in [0.15, 0.2) is 12.2 Å². The number of rotatable bonds is 36. The average Bonchev–Trinajstić information content (AvgIpc) is 3.00. The second-order valence-electron chi connectivity index (χ2n) is 13.5. The molecule has 0 fully saturated rings. The van der Waals surface area contributed by atoms with Crippen LogP contribution in [0.25, 0.3) is 0 Å². The van der Waals surface area contributed by atoms with Crippen molar-refractivity contribution in [2.45, 2.75) is 232 Å². The quantitative estimate of drug-likeness (QED) is 0.0430. The lowest BCUT2D eigenvalue weighted by Gasteiger charge is -2.18. The Kier molecular flexibility index (Phi) is 35.1. The first-order valence-corrected chi connectivity index (χ1v) is 19.7. The summed E-state index contributed by atoms with van der Waals surface area (Å²) in [5, 5.41) is 8.73. The highest BCUT2D eigenvalue weighted by Gasteiger charge is 2.14. The minimum atomic E-state index is -0.686. The van der Waals surface area contributed by atoms with Gasteiger partial charge in [0, 0.05) is 12.8 Å². The first kappa shape index (κ1) is 42.7. The van der Waals surface area contributed by atoms with Gasteiger partial charge in [-0.2, -0.15) is 0 Å². The number of hydrogen-bond acceptors (Lipinski definition) is 3. The van der Waals surface area contributed by atoms with Crippen molar-refractivity contribution in [3.05, 3.63) is 12.2 Å². The van der Waals surface area contributed by atoms with Gasteiger partial charge in [0.05, 0.1) is 0 Å². The van der Waals surface area contributed by atoms with Crippen LogP contribution in [0, 0.1) is 0 Å². The zero-order valence-corrected chi connectivity index (χ0v) is 29.7. The Balaban J connectivity index is 3.78. The van der Waals surface area contributed by atoms with Gasteiger partial charge in [-0.3, -0.25) is 9.59 Å². The molecule has 1 atom stereocenters. The molecule has 0 saturated carbocycles. The molecule has 0 radical (unpaired) electrons. The predicted molar refractivity (Wildman–Crippen MR) is 190 cm³/mol. The molecule has 0 heterocycles. The molecule has 0 aliphatic heterocycles. The maximum Gasteiger partial charge on any atom is 0.306 e. The van der Waals surface area contributed by atoms with E-state index in [-0.39, 0.29) is 12.1 Å². The summed E-state index contributed by atoms with van der Waals surface area (Å²) < 4.78 is 5.98. The van der Waals surface area contributed by atoms with Crippen molar-refractivity contribution >= 4 is 11.9 Å². The molecule has 0 aromatic heterocycles. The van der Waals surface area contributed by atoms with Gasteiger partial charge >= 0.3 is 11.9 Å². The third kappa shape index (κ3) is 35.2. The molecule has 4 heteroatoms. The van der Waals surface area contributed by atoms with Crippen LogP contribution in [0.3, 0.4) is 0 Å². The lowest BCUT2D eigenvalue weighted by molar-refractivity contribution is -0.150. The lowest BCUT2D eigenvalue weighted by Crippen LogP contribution is -2.18. The smallest absolute Gasteiger partial charge is 0.306 e. The molecule has 0 rings (SSSR count). The summed E-state index contributed by atoms with van der Waals surface area (Å²) in [6.45, 7) is 4.53. The van der Waals surface area contributed by atoms with Crippen LogP contribution < -0.4 is 0 Å². The normalized spacial score (nSPS) is 12.2. The van der Waals surface area contributed by atoms with E-state index >= 15 is 0 Å². The first-order chi connectivity index (χ1) is 21.6. The molecule has 44 heavy (non-hydrogen) atoms. The summed E-state index contributed by atoms with van der Waals surface area (Å²) in [6, 6.07) is 0. The zero-order chi connectivity index (χ0) is 32.2. The van der Waals surface area contributed by atoms with Gasteiger partial charge in [-0.25, -0.2) is 0 Å². The van der Waals surface area contributed by atoms with Gasteiger partial charge < -0.3 is 9.84 Å². The summed E-state index contributed by atoms with van der Waals surface area (Å²) in [5.41, 5.74) is 0. The Hall–Kier alpha value is -1.32. The van der Waals surface area contributed by atoms with Crippen molar-refractivity contribution in [3.8, 4) is 0 Å². The summed E-state index contributed by atoms with van der Waals surface area (Å²) >= 11 is 0. The van der Waals surface area contributed by atoms with Crippen molar-refractivity contribution in [2.75, 3.05) is 0 Å². The average molecular weight is 621 g/mol. The molecule has 1 N–H and O–H groups in total. The Morgan fingerprint density at radius 2 is 0.818 bits per heavy atom. The molecule has 4 nitrogen and oxygen atoms in total. The van der Waals surface area contributed by atoms with Crippen molar-refractivity contribution in [1.82, 2.24) is 0 Å². The van der Waals surface area contributed by atoms with Gasteiger partial charge in [0.2, 0.25) is 0 Å². The Morgan fingerprint density at radius 1 is 0.477 bits per heavy atom. The summed E-state index contributed by atoms with van der Waals surface area (Å²) in [4.78, 5) is 23.2. The van der Waals surface area contributed by atoms with Gasteiger partial charge in [-0.15, -0.1) is 0 Å².